The maximum Gasteiger partial charge on any atom is 0.276 e. The number of rotatable bonds is 5. The summed E-state index contributed by atoms with van der Waals surface area (Å²) in [5.41, 5.74) is 4.85. The van der Waals surface area contributed by atoms with Crippen LogP contribution in [-0.4, -0.2) is 45.7 Å². The predicted octanol–water partition coefficient (Wildman–Crippen LogP) is 1.09. The zero-order chi connectivity index (χ0) is 16.3. The Labute approximate surface area is 141 Å². The minimum atomic E-state index is -0.490. The third-order valence-electron chi connectivity index (χ3n) is 6.39. The van der Waals surface area contributed by atoms with Gasteiger partial charge < -0.3 is 5.32 Å². The Bertz CT molecular complexity index is 690. The summed E-state index contributed by atoms with van der Waals surface area (Å²) in [4.78, 5) is 18.5. The van der Waals surface area contributed by atoms with Gasteiger partial charge in [-0.25, -0.2) is 5.48 Å². The van der Waals surface area contributed by atoms with Gasteiger partial charge in [-0.1, -0.05) is 0 Å². The van der Waals surface area contributed by atoms with Crippen LogP contribution >= 0.6 is 0 Å². The van der Waals surface area contributed by atoms with Crippen LogP contribution in [0.3, 0.4) is 0 Å². The van der Waals surface area contributed by atoms with Crippen LogP contribution in [-0.2, 0) is 13.0 Å². The molecule has 0 spiro atoms. The fourth-order valence-corrected chi connectivity index (χ4v) is 4.83. The summed E-state index contributed by atoms with van der Waals surface area (Å²) in [6.07, 6.45) is 7.98. The van der Waals surface area contributed by atoms with Crippen molar-refractivity contribution in [3.8, 4) is 0 Å². The normalized spacial score (nSPS) is 34.0. The minimum absolute atomic E-state index is 0.428. The summed E-state index contributed by atoms with van der Waals surface area (Å²) in [5.74, 6) is 1.26. The first kappa shape index (κ1) is 14.8. The molecule has 0 bridgehead atoms. The Morgan fingerprint density at radius 2 is 2.29 bits per heavy atom. The molecule has 1 aliphatic heterocycles. The highest BCUT2D eigenvalue weighted by Crippen LogP contribution is 2.64. The maximum absolute atomic E-state index is 11.5. The lowest BCUT2D eigenvalue weighted by Crippen LogP contribution is -2.49. The topological polar surface area (TPSA) is 77.5 Å². The van der Waals surface area contributed by atoms with Gasteiger partial charge in [0.1, 0.15) is 0 Å². The summed E-state index contributed by atoms with van der Waals surface area (Å²) in [7, 11) is 0. The lowest BCUT2D eigenvalue weighted by molar-refractivity contribution is 0.0705. The molecule has 3 unspecified atom stereocenters. The minimum Gasteiger partial charge on any atom is -0.308 e. The molecule has 2 heterocycles. The van der Waals surface area contributed by atoms with Crippen LogP contribution in [0.4, 0.5) is 0 Å². The van der Waals surface area contributed by atoms with Gasteiger partial charge in [0.25, 0.3) is 5.91 Å². The molecule has 3 N–H and O–H groups in total. The average Bonchev–Trinajstić information content (AvgIpc) is 3.50. The zero-order valence-electron chi connectivity index (χ0n) is 13.8. The van der Waals surface area contributed by atoms with E-state index in [0.29, 0.717) is 11.1 Å². The molecule has 3 fully saturated rings. The zero-order valence-corrected chi connectivity index (χ0v) is 13.8. The van der Waals surface area contributed by atoms with Crippen LogP contribution in [0.25, 0.3) is 0 Å². The van der Waals surface area contributed by atoms with Crippen molar-refractivity contribution < 1.29 is 10.0 Å². The fourth-order valence-electron chi connectivity index (χ4n) is 4.83. The maximum atomic E-state index is 11.5. The molecular formula is C18H24N4O2. The Balaban J connectivity index is 1.18. The molecular weight excluding hydrogens is 304 g/mol. The van der Waals surface area contributed by atoms with Gasteiger partial charge in [-0.2, -0.15) is 0 Å². The van der Waals surface area contributed by atoms with Gasteiger partial charge in [-0.15, -0.1) is 0 Å². The second kappa shape index (κ2) is 5.25. The van der Waals surface area contributed by atoms with Crippen LogP contribution < -0.4 is 10.8 Å². The van der Waals surface area contributed by atoms with Gasteiger partial charge in [0.2, 0.25) is 0 Å². The Morgan fingerprint density at radius 3 is 3.04 bits per heavy atom. The van der Waals surface area contributed by atoms with Gasteiger partial charge in [0, 0.05) is 37.4 Å². The molecule has 3 saturated carbocycles. The first-order chi connectivity index (χ1) is 11.7. The molecule has 1 amide bonds. The highest BCUT2D eigenvalue weighted by molar-refractivity contribution is 5.93. The molecule has 1 aromatic rings. The Morgan fingerprint density at radius 1 is 1.42 bits per heavy atom. The number of hydroxylamine groups is 1. The van der Waals surface area contributed by atoms with Gasteiger partial charge >= 0.3 is 0 Å². The van der Waals surface area contributed by atoms with Gasteiger partial charge in [0.15, 0.2) is 0 Å². The monoisotopic (exact) mass is 328 g/mol. The van der Waals surface area contributed by atoms with Crippen molar-refractivity contribution in [3.63, 3.8) is 0 Å². The van der Waals surface area contributed by atoms with E-state index in [0.717, 1.165) is 48.6 Å². The van der Waals surface area contributed by atoms with Crippen LogP contribution in [0.5, 0.6) is 0 Å². The predicted molar refractivity (Wildman–Crippen MR) is 87.6 cm³/mol. The molecule has 1 aromatic heterocycles. The van der Waals surface area contributed by atoms with Crippen molar-refractivity contribution in [3.05, 3.63) is 29.1 Å². The number of amides is 1. The number of pyridine rings is 1. The van der Waals surface area contributed by atoms with E-state index in [4.69, 9.17) is 5.21 Å². The molecule has 0 saturated heterocycles. The van der Waals surface area contributed by atoms with Crippen LogP contribution in [0.15, 0.2) is 12.3 Å². The van der Waals surface area contributed by atoms with E-state index in [-0.39, 0.29) is 0 Å². The molecule has 3 aliphatic carbocycles. The number of hydrogen-bond acceptors (Lipinski definition) is 5. The number of aromatic nitrogens is 1. The lowest BCUT2D eigenvalue weighted by Gasteiger charge is -2.40. The third kappa shape index (κ3) is 2.44. The quantitative estimate of drug-likeness (QED) is 0.557. The second-order valence-corrected chi connectivity index (χ2v) is 8.11. The SMILES string of the molecule is O=C(NO)c1cnc2c(c1)CCN(CC1CC3(NC4CC4)CC13)C2. The molecule has 6 nitrogen and oxygen atoms in total. The number of hydrogen-bond donors (Lipinski definition) is 3. The van der Waals surface area contributed by atoms with Gasteiger partial charge in [-0.05, 0) is 55.6 Å². The van der Waals surface area contributed by atoms with Crippen molar-refractivity contribution in [1.29, 1.82) is 0 Å². The van der Waals surface area contributed by atoms with E-state index in [1.54, 1.807) is 11.7 Å². The van der Waals surface area contributed by atoms with Crippen molar-refractivity contribution in [1.82, 2.24) is 20.7 Å². The van der Waals surface area contributed by atoms with Crippen LogP contribution in [0.2, 0.25) is 0 Å². The lowest BCUT2D eigenvalue weighted by atomic mass is 9.79. The molecule has 4 aliphatic rings. The van der Waals surface area contributed by atoms with Gasteiger partial charge in [-0.3, -0.25) is 19.9 Å². The number of fused-ring (bicyclic) bond motifs is 2. The average molecular weight is 328 g/mol. The van der Waals surface area contributed by atoms with Crippen molar-refractivity contribution >= 4 is 5.91 Å². The summed E-state index contributed by atoms with van der Waals surface area (Å²) < 4.78 is 0. The largest absolute Gasteiger partial charge is 0.308 e. The van der Waals surface area contributed by atoms with Crippen molar-refractivity contribution in [2.24, 2.45) is 11.8 Å². The van der Waals surface area contributed by atoms with Crippen LogP contribution in [0.1, 0.15) is 47.3 Å². The molecule has 24 heavy (non-hydrogen) atoms. The molecule has 3 atom stereocenters. The number of carbonyl (C=O) groups is 1. The number of nitrogens with one attached hydrogen (secondary N) is 2. The summed E-state index contributed by atoms with van der Waals surface area (Å²) in [5, 5.41) is 12.6. The molecule has 6 heteroatoms. The van der Waals surface area contributed by atoms with E-state index in [1.807, 2.05) is 6.07 Å². The molecule has 5 rings (SSSR count). The smallest absolute Gasteiger partial charge is 0.276 e. The molecule has 128 valence electrons. The van der Waals surface area contributed by atoms with E-state index in [9.17, 15) is 4.79 Å². The van der Waals surface area contributed by atoms with E-state index in [2.05, 4.69) is 15.2 Å². The van der Waals surface area contributed by atoms with Crippen molar-refractivity contribution in [2.75, 3.05) is 13.1 Å². The second-order valence-electron chi connectivity index (χ2n) is 8.11. The Kier molecular flexibility index (Phi) is 3.24. The molecule has 0 aromatic carbocycles. The summed E-state index contributed by atoms with van der Waals surface area (Å²) in [6, 6.07) is 2.69. The summed E-state index contributed by atoms with van der Waals surface area (Å²) in [6.45, 7) is 3.09. The molecule has 0 radical (unpaired) electrons. The highest BCUT2D eigenvalue weighted by Gasteiger charge is 2.67. The standard InChI is InChI=1S/C18H24N4O2/c23-17(21-24)12-5-11-3-4-22(10-16(11)19-8-12)9-13-6-18(7-15(13)18)20-14-1-2-14/h5,8,13-15,20,24H,1-4,6-7,9-10H2,(H,21,23). The van der Waals surface area contributed by atoms with E-state index >= 15 is 0 Å². The number of nitrogens with zero attached hydrogens (tertiary/aromatic N) is 2. The first-order valence-electron chi connectivity index (χ1n) is 9.09. The van der Waals surface area contributed by atoms with E-state index in [1.165, 1.54) is 32.2 Å². The van der Waals surface area contributed by atoms with Crippen LogP contribution in [0, 0.1) is 11.8 Å². The summed E-state index contributed by atoms with van der Waals surface area (Å²) >= 11 is 0. The third-order valence-corrected chi connectivity index (χ3v) is 6.39. The Hall–Kier alpha value is -1.50. The van der Waals surface area contributed by atoms with Gasteiger partial charge in [0.05, 0.1) is 11.3 Å². The first-order valence-corrected chi connectivity index (χ1v) is 9.09. The fraction of sp³-hybridized carbons (Fsp3) is 0.667. The number of carbonyl (C=O) groups excluding carboxylic acids is 1. The highest BCUT2D eigenvalue weighted by atomic mass is 16.5. The van der Waals surface area contributed by atoms with E-state index < -0.39 is 5.91 Å². The van der Waals surface area contributed by atoms with Crippen molar-refractivity contribution in [2.45, 2.75) is 50.2 Å².